The summed E-state index contributed by atoms with van der Waals surface area (Å²) in [4.78, 5) is 14.1. The molecule has 0 aliphatic heterocycles. The second-order valence-corrected chi connectivity index (χ2v) is 6.81. The van der Waals surface area contributed by atoms with Crippen LogP contribution in [0.2, 0.25) is 0 Å². The average Bonchev–Trinajstić information content (AvgIpc) is 2.70. The topological polar surface area (TPSA) is 63.9 Å². The molecular weight excluding hydrogens is 356 g/mol. The van der Waals surface area contributed by atoms with Gasteiger partial charge in [-0.15, -0.1) is 0 Å². The van der Waals surface area contributed by atoms with Gasteiger partial charge in [-0.25, -0.2) is 4.79 Å². The summed E-state index contributed by atoms with van der Waals surface area (Å²) in [6.07, 6.45) is 0. The Morgan fingerprint density at radius 1 is 1.07 bits per heavy atom. The van der Waals surface area contributed by atoms with Crippen LogP contribution in [0.4, 0.5) is 0 Å². The number of likely N-dealkylation sites (N-methyl/N-ethyl adjacent to an activating group) is 1. The molecule has 0 saturated carbocycles. The van der Waals surface area contributed by atoms with E-state index in [2.05, 4.69) is 16.3 Å². The van der Waals surface area contributed by atoms with Crippen molar-refractivity contribution in [2.24, 2.45) is 0 Å². The SMILES string of the molecule is COc1ccc2c(CNC[C@H](c3ccccc3OC)N(C)C)cc(=O)oc2c1. The Kier molecular flexibility index (Phi) is 6.34. The number of hydrogen-bond acceptors (Lipinski definition) is 6. The standard InChI is InChI=1S/C22H26N2O4/c1-24(2)19(18-7-5-6-8-20(18)27-4)14-23-13-15-11-22(25)28-21-12-16(26-3)9-10-17(15)21/h5-12,19,23H,13-14H2,1-4H3/t19-/m1/s1. The molecule has 28 heavy (non-hydrogen) atoms. The first-order valence-electron chi connectivity index (χ1n) is 9.14. The molecular formula is C22H26N2O4. The first-order chi connectivity index (χ1) is 13.5. The van der Waals surface area contributed by atoms with Crippen LogP contribution in [0, 0.1) is 0 Å². The van der Waals surface area contributed by atoms with Crippen molar-refractivity contribution in [3.05, 3.63) is 70.1 Å². The lowest BCUT2D eigenvalue weighted by atomic mass is 10.0. The van der Waals surface area contributed by atoms with Crippen LogP contribution >= 0.6 is 0 Å². The van der Waals surface area contributed by atoms with Crippen LogP contribution in [0.15, 0.2) is 57.7 Å². The summed E-state index contributed by atoms with van der Waals surface area (Å²) in [5.41, 5.74) is 2.17. The van der Waals surface area contributed by atoms with Gasteiger partial charge in [0.2, 0.25) is 0 Å². The molecule has 1 N–H and O–H groups in total. The Morgan fingerprint density at radius 3 is 2.57 bits per heavy atom. The van der Waals surface area contributed by atoms with Gasteiger partial charge in [-0.05, 0) is 37.9 Å². The quantitative estimate of drug-likeness (QED) is 0.604. The van der Waals surface area contributed by atoms with Crippen molar-refractivity contribution >= 4 is 11.0 Å². The van der Waals surface area contributed by atoms with Gasteiger partial charge in [0.25, 0.3) is 0 Å². The summed E-state index contributed by atoms with van der Waals surface area (Å²) < 4.78 is 16.1. The van der Waals surface area contributed by atoms with Crippen LogP contribution in [0.3, 0.4) is 0 Å². The summed E-state index contributed by atoms with van der Waals surface area (Å²) in [6.45, 7) is 1.25. The maximum atomic E-state index is 12.0. The summed E-state index contributed by atoms with van der Waals surface area (Å²) >= 11 is 0. The number of nitrogens with zero attached hydrogens (tertiary/aromatic N) is 1. The van der Waals surface area contributed by atoms with Crippen LogP contribution in [-0.2, 0) is 6.54 Å². The van der Waals surface area contributed by atoms with Gasteiger partial charge in [-0.2, -0.15) is 0 Å². The van der Waals surface area contributed by atoms with Gasteiger partial charge in [0.05, 0.1) is 20.3 Å². The van der Waals surface area contributed by atoms with E-state index in [1.807, 2.05) is 44.4 Å². The number of para-hydroxylation sites is 1. The number of nitrogens with one attached hydrogen (secondary N) is 1. The van der Waals surface area contributed by atoms with E-state index in [1.165, 1.54) is 6.07 Å². The maximum absolute atomic E-state index is 12.0. The molecule has 0 spiro atoms. The van der Waals surface area contributed by atoms with Gasteiger partial charge < -0.3 is 24.1 Å². The van der Waals surface area contributed by atoms with Crippen molar-refractivity contribution in [2.45, 2.75) is 12.6 Å². The molecule has 2 aromatic carbocycles. The molecule has 3 rings (SSSR count). The molecule has 1 atom stereocenters. The zero-order valence-corrected chi connectivity index (χ0v) is 16.7. The van der Waals surface area contributed by atoms with Crippen molar-refractivity contribution in [3.63, 3.8) is 0 Å². The third-order valence-corrected chi connectivity index (χ3v) is 4.81. The number of benzene rings is 2. The lowest BCUT2D eigenvalue weighted by Crippen LogP contribution is -2.31. The fourth-order valence-corrected chi connectivity index (χ4v) is 3.34. The van der Waals surface area contributed by atoms with Crippen molar-refractivity contribution in [1.29, 1.82) is 0 Å². The minimum atomic E-state index is -0.369. The molecule has 148 valence electrons. The van der Waals surface area contributed by atoms with E-state index in [9.17, 15) is 4.79 Å². The fraction of sp³-hybridized carbons (Fsp3) is 0.318. The molecule has 6 nitrogen and oxygen atoms in total. The highest BCUT2D eigenvalue weighted by molar-refractivity contribution is 5.81. The fourth-order valence-electron chi connectivity index (χ4n) is 3.34. The highest BCUT2D eigenvalue weighted by Gasteiger charge is 2.18. The molecule has 0 bridgehead atoms. The average molecular weight is 382 g/mol. The minimum absolute atomic E-state index is 0.127. The van der Waals surface area contributed by atoms with E-state index < -0.39 is 0 Å². The molecule has 0 radical (unpaired) electrons. The number of ether oxygens (including phenoxy) is 2. The highest BCUT2D eigenvalue weighted by Crippen LogP contribution is 2.28. The van der Waals surface area contributed by atoms with Crippen molar-refractivity contribution in [3.8, 4) is 11.5 Å². The largest absolute Gasteiger partial charge is 0.497 e. The zero-order valence-electron chi connectivity index (χ0n) is 16.7. The van der Waals surface area contributed by atoms with Gasteiger partial charge >= 0.3 is 5.63 Å². The molecule has 3 aromatic rings. The molecule has 0 unspecified atom stereocenters. The van der Waals surface area contributed by atoms with Crippen LogP contribution < -0.4 is 20.4 Å². The summed E-state index contributed by atoms with van der Waals surface area (Å²) in [5, 5.41) is 4.37. The van der Waals surface area contributed by atoms with Crippen molar-refractivity contribution in [2.75, 3.05) is 34.9 Å². The van der Waals surface area contributed by atoms with E-state index in [4.69, 9.17) is 13.9 Å². The van der Waals surface area contributed by atoms with E-state index >= 15 is 0 Å². The highest BCUT2D eigenvalue weighted by atomic mass is 16.5. The molecule has 0 fully saturated rings. The van der Waals surface area contributed by atoms with E-state index in [0.717, 1.165) is 22.3 Å². The molecule has 6 heteroatoms. The van der Waals surface area contributed by atoms with Crippen LogP contribution in [0.25, 0.3) is 11.0 Å². The number of fused-ring (bicyclic) bond motifs is 1. The van der Waals surface area contributed by atoms with E-state index in [0.29, 0.717) is 24.4 Å². The van der Waals surface area contributed by atoms with Gasteiger partial charge in [-0.3, -0.25) is 0 Å². The maximum Gasteiger partial charge on any atom is 0.336 e. The smallest absolute Gasteiger partial charge is 0.336 e. The number of methoxy groups -OCH3 is 2. The van der Waals surface area contributed by atoms with Gasteiger partial charge in [-0.1, -0.05) is 18.2 Å². The van der Waals surface area contributed by atoms with Crippen LogP contribution in [0.1, 0.15) is 17.2 Å². The monoisotopic (exact) mass is 382 g/mol. The number of rotatable bonds is 8. The third-order valence-electron chi connectivity index (χ3n) is 4.81. The summed E-state index contributed by atoms with van der Waals surface area (Å²) in [7, 11) is 7.35. The predicted octanol–water partition coefficient (Wildman–Crippen LogP) is 3.20. The van der Waals surface area contributed by atoms with E-state index in [-0.39, 0.29) is 11.7 Å². The van der Waals surface area contributed by atoms with Crippen LogP contribution in [0.5, 0.6) is 11.5 Å². The molecule has 0 saturated heterocycles. The van der Waals surface area contributed by atoms with Gasteiger partial charge in [0.15, 0.2) is 0 Å². The molecule has 0 amide bonds. The molecule has 0 aliphatic carbocycles. The van der Waals surface area contributed by atoms with Gasteiger partial charge in [0, 0.05) is 36.2 Å². The Labute approximate surface area is 164 Å². The Balaban J connectivity index is 1.80. The Bertz CT molecular complexity index is 997. The molecule has 1 aromatic heterocycles. The summed E-state index contributed by atoms with van der Waals surface area (Å²) in [6, 6.07) is 15.2. The number of hydrogen-bond donors (Lipinski definition) is 1. The van der Waals surface area contributed by atoms with E-state index in [1.54, 1.807) is 20.3 Å². The normalized spacial score (nSPS) is 12.3. The first kappa shape index (κ1) is 19.9. The third kappa shape index (κ3) is 4.35. The first-order valence-corrected chi connectivity index (χ1v) is 9.14. The Morgan fingerprint density at radius 2 is 1.86 bits per heavy atom. The zero-order chi connectivity index (χ0) is 20.1. The lowest BCUT2D eigenvalue weighted by Gasteiger charge is -2.26. The lowest BCUT2D eigenvalue weighted by molar-refractivity contribution is 0.279. The Hall–Kier alpha value is -2.83. The second kappa shape index (κ2) is 8.91. The van der Waals surface area contributed by atoms with Crippen molar-refractivity contribution in [1.82, 2.24) is 10.2 Å². The van der Waals surface area contributed by atoms with Gasteiger partial charge in [0.1, 0.15) is 17.1 Å². The second-order valence-electron chi connectivity index (χ2n) is 6.81. The molecule has 1 heterocycles. The minimum Gasteiger partial charge on any atom is -0.497 e. The summed E-state index contributed by atoms with van der Waals surface area (Å²) in [5.74, 6) is 1.52. The van der Waals surface area contributed by atoms with Crippen LogP contribution in [-0.4, -0.2) is 39.8 Å². The molecule has 0 aliphatic rings. The van der Waals surface area contributed by atoms with Crippen molar-refractivity contribution < 1.29 is 13.9 Å². The predicted molar refractivity (Wildman–Crippen MR) is 110 cm³/mol.